The van der Waals surface area contributed by atoms with Crippen LogP contribution in [0.5, 0.6) is 5.75 Å². The number of carbonyl (C=O) groups excluding carboxylic acids is 2. The van der Waals surface area contributed by atoms with E-state index in [1.807, 2.05) is 67.6 Å². The number of amides is 2. The molecule has 2 amide bonds. The Kier molecular flexibility index (Phi) is 5.77. The summed E-state index contributed by atoms with van der Waals surface area (Å²) in [4.78, 5) is 26.1. The maximum absolute atomic E-state index is 13.1. The maximum Gasteiger partial charge on any atom is 0.252 e. The molecular weight excluding hydrogens is 396 g/mol. The molecule has 2 atom stereocenters. The van der Waals surface area contributed by atoms with Crippen LogP contribution >= 0.6 is 11.8 Å². The number of hydrogen-bond acceptors (Lipinski definition) is 4. The Morgan fingerprint density at radius 3 is 2.43 bits per heavy atom. The predicted molar refractivity (Wildman–Crippen MR) is 119 cm³/mol. The van der Waals surface area contributed by atoms with Crippen LogP contribution in [0.25, 0.3) is 0 Å². The first-order chi connectivity index (χ1) is 14.5. The molecule has 0 saturated carbocycles. The van der Waals surface area contributed by atoms with Crippen LogP contribution in [-0.2, 0) is 4.79 Å². The van der Waals surface area contributed by atoms with Crippen molar-refractivity contribution in [2.45, 2.75) is 23.1 Å². The summed E-state index contributed by atoms with van der Waals surface area (Å²) in [6.07, 6.45) is 0. The van der Waals surface area contributed by atoms with Crippen molar-refractivity contribution in [3.63, 3.8) is 0 Å². The van der Waals surface area contributed by atoms with Gasteiger partial charge in [-0.25, -0.2) is 0 Å². The second-order valence-corrected chi connectivity index (χ2v) is 8.43. The van der Waals surface area contributed by atoms with Crippen LogP contribution in [0, 0.1) is 0 Å². The van der Waals surface area contributed by atoms with Crippen molar-refractivity contribution >= 4 is 29.3 Å². The third-order valence-electron chi connectivity index (χ3n) is 5.03. The van der Waals surface area contributed by atoms with Crippen LogP contribution in [-0.4, -0.2) is 24.2 Å². The van der Waals surface area contributed by atoms with Gasteiger partial charge in [-0.2, -0.15) is 0 Å². The van der Waals surface area contributed by atoms with Crippen LogP contribution in [0.1, 0.15) is 34.5 Å². The third-order valence-corrected chi connectivity index (χ3v) is 6.21. The molecule has 152 valence electrons. The molecule has 2 unspecified atom stereocenters. The van der Waals surface area contributed by atoms with Crippen LogP contribution < -0.4 is 15.4 Å². The summed E-state index contributed by atoms with van der Waals surface area (Å²) >= 11 is 1.50. The summed E-state index contributed by atoms with van der Waals surface area (Å²) in [6, 6.07) is 22.6. The highest BCUT2D eigenvalue weighted by molar-refractivity contribution is 8.00. The fourth-order valence-corrected chi connectivity index (χ4v) is 4.30. The minimum atomic E-state index is -0.315. The largest absolute Gasteiger partial charge is 0.497 e. The van der Waals surface area contributed by atoms with Crippen molar-refractivity contribution in [1.29, 1.82) is 0 Å². The molecule has 0 spiro atoms. The smallest absolute Gasteiger partial charge is 0.252 e. The van der Waals surface area contributed by atoms with Gasteiger partial charge in [0.25, 0.3) is 5.91 Å². The lowest BCUT2D eigenvalue weighted by Gasteiger charge is -2.23. The highest BCUT2D eigenvalue weighted by atomic mass is 32.2. The second-order valence-electron chi connectivity index (χ2n) is 7.05. The molecule has 0 aromatic heterocycles. The molecule has 3 aromatic rings. The number of thioether (sulfide) groups is 1. The number of methoxy groups -OCH3 is 1. The lowest BCUT2D eigenvalue weighted by atomic mass is 9.98. The van der Waals surface area contributed by atoms with Crippen molar-refractivity contribution in [2.75, 3.05) is 12.4 Å². The van der Waals surface area contributed by atoms with Gasteiger partial charge < -0.3 is 15.4 Å². The van der Waals surface area contributed by atoms with Gasteiger partial charge in [-0.05, 0) is 48.4 Å². The first kappa shape index (κ1) is 20.0. The molecule has 0 aliphatic carbocycles. The number of benzene rings is 3. The summed E-state index contributed by atoms with van der Waals surface area (Å²) in [6.45, 7) is 1.86. The highest BCUT2D eigenvalue weighted by Gasteiger charge is 2.24. The first-order valence-corrected chi connectivity index (χ1v) is 10.5. The third kappa shape index (κ3) is 4.19. The predicted octanol–water partition coefficient (Wildman–Crippen LogP) is 4.65. The zero-order chi connectivity index (χ0) is 21.1. The average molecular weight is 419 g/mol. The summed E-state index contributed by atoms with van der Waals surface area (Å²) in [5.41, 5.74) is 3.10. The first-order valence-electron chi connectivity index (χ1n) is 9.66. The molecule has 0 bridgehead atoms. The molecule has 1 heterocycles. The van der Waals surface area contributed by atoms with E-state index in [-0.39, 0.29) is 23.1 Å². The average Bonchev–Trinajstić information content (AvgIpc) is 2.78. The molecule has 0 radical (unpaired) electrons. The Morgan fingerprint density at radius 1 is 1.03 bits per heavy atom. The van der Waals surface area contributed by atoms with E-state index < -0.39 is 0 Å². The fourth-order valence-electron chi connectivity index (χ4n) is 3.37. The molecule has 1 aliphatic heterocycles. The van der Waals surface area contributed by atoms with Gasteiger partial charge >= 0.3 is 0 Å². The van der Waals surface area contributed by atoms with E-state index in [0.29, 0.717) is 11.3 Å². The summed E-state index contributed by atoms with van der Waals surface area (Å²) in [5, 5.41) is 5.87. The number of carbonyl (C=O) groups is 2. The molecular formula is C24H22N2O3S. The van der Waals surface area contributed by atoms with Gasteiger partial charge in [0.1, 0.15) is 5.75 Å². The molecule has 6 heteroatoms. The summed E-state index contributed by atoms with van der Waals surface area (Å²) < 4.78 is 5.25. The standard InChI is InChI=1S/C24H22N2O3S/c1-15-23(27)25-20-14-18(10-13-21(20)30-15)24(28)26-22(16-6-4-3-5-7-16)17-8-11-19(29-2)12-9-17/h3-15,22H,1-2H3,(H,25,27)(H,26,28). The van der Waals surface area contributed by atoms with E-state index in [9.17, 15) is 9.59 Å². The molecule has 1 aliphatic rings. The van der Waals surface area contributed by atoms with Crippen molar-refractivity contribution in [1.82, 2.24) is 5.32 Å². The Balaban J connectivity index is 1.62. The van der Waals surface area contributed by atoms with Crippen LogP contribution in [0.4, 0.5) is 5.69 Å². The van der Waals surface area contributed by atoms with Gasteiger partial charge in [-0.15, -0.1) is 11.8 Å². The lowest BCUT2D eigenvalue weighted by molar-refractivity contribution is -0.115. The SMILES string of the molecule is COc1ccc(C(NC(=O)c2ccc3c(c2)NC(=O)C(C)S3)c2ccccc2)cc1. The second kappa shape index (κ2) is 8.63. The molecule has 3 aromatic carbocycles. The lowest BCUT2D eigenvalue weighted by Crippen LogP contribution is -2.30. The van der Waals surface area contributed by atoms with Crippen molar-refractivity contribution < 1.29 is 14.3 Å². The fraction of sp³-hybridized carbons (Fsp3) is 0.167. The normalized spacial score (nSPS) is 16.2. The Labute approximate surface area is 179 Å². The number of anilines is 1. The van der Waals surface area contributed by atoms with Crippen LogP contribution in [0.3, 0.4) is 0 Å². The van der Waals surface area contributed by atoms with E-state index in [0.717, 1.165) is 21.8 Å². The van der Waals surface area contributed by atoms with E-state index in [1.165, 1.54) is 11.8 Å². The zero-order valence-electron chi connectivity index (χ0n) is 16.7. The summed E-state index contributed by atoms with van der Waals surface area (Å²) in [5.74, 6) is 0.500. The van der Waals surface area contributed by atoms with Gasteiger partial charge in [0.15, 0.2) is 0 Å². The van der Waals surface area contributed by atoms with Crippen LogP contribution in [0.15, 0.2) is 77.7 Å². The van der Waals surface area contributed by atoms with E-state index in [4.69, 9.17) is 4.74 Å². The van der Waals surface area contributed by atoms with Gasteiger partial charge in [0, 0.05) is 10.5 Å². The molecule has 2 N–H and O–H groups in total. The minimum Gasteiger partial charge on any atom is -0.497 e. The minimum absolute atomic E-state index is 0.0505. The summed E-state index contributed by atoms with van der Waals surface area (Å²) in [7, 11) is 1.62. The van der Waals surface area contributed by atoms with Gasteiger partial charge in [-0.1, -0.05) is 42.5 Å². The van der Waals surface area contributed by atoms with Gasteiger partial charge in [0.2, 0.25) is 5.91 Å². The number of ether oxygens (including phenoxy) is 1. The monoisotopic (exact) mass is 418 g/mol. The Hall–Kier alpha value is -3.25. The van der Waals surface area contributed by atoms with Gasteiger partial charge in [-0.3, -0.25) is 9.59 Å². The number of fused-ring (bicyclic) bond motifs is 1. The van der Waals surface area contributed by atoms with E-state index in [1.54, 1.807) is 19.2 Å². The molecule has 0 saturated heterocycles. The molecule has 5 nitrogen and oxygen atoms in total. The molecule has 30 heavy (non-hydrogen) atoms. The van der Waals surface area contributed by atoms with Gasteiger partial charge in [0.05, 0.1) is 24.1 Å². The highest BCUT2D eigenvalue weighted by Crippen LogP contribution is 2.36. The number of rotatable bonds is 5. The van der Waals surface area contributed by atoms with Crippen LogP contribution in [0.2, 0.25) is 0 Å². The van der Waals surface area contributed by atoms with Crippen molar-refractivity contribution in [3.05, 3.63) is 89.5 Å². The number of nitrogens with one attached hydrogen (secondary N) is 2. The topological polar surface area (TPSA) is 67.4 Å². The van der Waals surface area contributed by atoms with E-state index in [2.05, 4.69) is 10.6 Å². The van der Waals surface area contributed by atoms with Crippen molar-refractivity contribution in [3.8, 4) is 5.75 Å². The molecule has 4 rings (SSSR count). The van der Waals surface area contributed by atoms with Crippen molar-refractivity contribution in [2.24, 2.45) is 0 Å². The Bertz CT molecular complexity index is 1070. The number of hydrogen-bond donors (Lipinski definition) is 2. The Morgan fingerprint density at radius 2 is 1.73 bits per heavy atom. The van der Waals surface area contributed by atoms with E-state index >= 15 is 0 Å². The zero-order valence-corrected chi connectivity index (χ0v) is 17.5. The molecule has 0 fully saturated rings. The quantitative estimate of drug-likeness (QED) is 0.633. The maximum atomic E-state index is 13.1.